The van der Waals surface area contributed by atoms with Crippen LogP contribution in [0, 0.1) is 0 Å². The number of hydrogen-bond acceptors (Lipinski definition) is 3. The Hall–Kier alpha value is -2.26. The summed E-state index contributed by atoms with van der Waals surface area (Å²) in [5, 5.41) is 0.361. The molecule has 2 saturated heterocycles. The number of nitrogens with zero attached hydrogens (tertiary/aromatic N) is 2. The summed E-state index contributed by atoms with van der Waals surface area (Å²) in [5.41, 5.74) is -0.494. The van der Waals surface area contributed by atoms with Gasteiger partial charge in [-0.15, -0.1) is 0 Å². The molecule has 0 aliphatic carbocycles. The van der Waals surface area contributed by atoms with E-state index >= 15 is 0 Å². The minimum atomic E-state index is -4.58. The van der Waals surface area contributed by atoms with Crippen LogP contribution >= 0.6 is 11.6 Å². The smallest absolute Gasteiger partial charge is 0.288 e. The van der Waals surface area contributed by atoms with E-state index in [1.165, 1.54) is 23.1 Å². The molecule has 5 nitrogen and oxygen atoms in total. The normalized spacial score (nSPS) is 23.9. The topological polar surface area (TPSA) is 57.7 Å². The van der Waals surface area contributed by atoms with Gasteiger partial charge in [-0.1, -0.05) is 23.7 Å². The molecule has 2 amide bonds. The number of rotatable bonds is 2. The zero-order chi connectivity index (χ0) is 20.3. The second-order valence-electron chi connectivity index (χ2n) is 6.76. The molecule has 4 rings (SSSR count). The van der Waals surface area contributed by atoms with E-state index in [0.29, 0.717) is 10.7 Å². The molecule has 10 heteroatoms. The summed E-state index contributed by atoms with van der Waals surface area (Å²) in [4.78, 5) is 15.6. The highest BCUT2D eigenvalue weighted by atomic mass is 35.5. The van der Waals surface area contributed by atoms with E-state index in [1.807, 2.05) is 0 Å². The van der Waals surface area contributed by atoms with Crippen molar-refractivity contribution in [1.82, 2.24) is 0 Å². The van der Waals surface area contributed by atoms with Crippen LogP contribution in [0.25, 0.3) is 0 Å². The molecule has 2 heterocycles. The third kappa shape index (κ3) is 3.22. The van der Waals surface area contributed by atoms with Gasteiger partial charge in [-0.05, 0) is 36.4 Å². The maximum Gasteiger partial charge on any atom is 0.416 e. The lowest BCUT2D eigenvalue weighted by molar-refractivity contribution is -0.137. The van der Waals surface area contributed by atoms with Crippen LogP contribution in [0.3, 0.4) is 0 Å². The molecule has 148 valence electrons. The molecular weight excluding hydrogens is 417 g/mol. The van der Waals surface area contributed by atoms with Gasteiger partial charge in [0.25, 0.3) is 0 Å². The molecule has 0 N–H and O–H groups in total. The number of carbonyl (C=O) groups is 1. The van der Waals surface area contributed by atoms with Crippen molar-refractivity contribution in [1.29, 1.82) is 0 Å². The first-order valence-corrected chi connectivity index (χ1v) is 10.5. The van der Waals surface area contributed by atoms with Crippen molar-refractivity contribution in [2.45, 2.75) is 18.3 Å². The lowest BCUT2D eigenvalue weighted by Crippen LogP contribution is -2.38. The van der Waals surface area contributed by atoms with Crippen LogP contribution in [-0.2, 0) is 16.0 Å². The van der Waals surface area contributed by atoms with Crippen molar-refractivity contribution in [2.24, 2.45) is 0 Å². The van der Waals surface area contributed by atoms with E-state index in [0.717, 1.165) is 17.0 Å². The average Bonchev–Trinajstić information content (AvgIpc) is 3.02. The Kier molecular flexibility index (Phi) is 4.35. The second kappa shape index (κ2) is 6.38. The van der Waals surface area contributed by atoms with Crippen molar-refractivity contribution in [2.75, 3.05) is 21.3 Å². The molecule has 0 aromatic heterocycles. The first-order valence-electron chi connectivity index (χ1n) is 8.32. The number of carbonyl (C=O) groups excluding carboxylic acids is 1. The predicted octanol–water partition coefficient (Wildman–Crippen LogP) is 3.97. The Balaban J connectivity index is 1.81. The van der Waals surface area contributed by atoms with E-state index in [4.69, 9.17) is 11.6 Å². The fraction of sp³-hybridized carbons (Fsp3) is 0.278. The molecule has 28 heavy (non-hydrogen) atoms. The number of amides is 2. The molecule has 0 unspecified atom stereocenters. The number of halogens is 4. The average molecular weight is 431 g/mol. The third-order valence-corrected chi connectivity index (χ3v) is 6.84. The van der Waals surface area contributed by atoms with Gasteiger partial charge in [0.2, 0.25) is 0 Å². The fourth-order valence-electron chi connectivity index (χ4n) is 3.77. The third-order valence-electron chi connectivity index (χ3n) is 4.91. The van der Waals surface area contributed by atoms with Gasteiger partial charge in [-0.3, -0.25) is 9.80 Å². The van der Waals surface area contributed by atoms with Gasteiger partial charge in [0.15, 0.2) is 9.84 Å². The summed E-state index contributed by atoms with van der Waals surface area (Å²) in [6.45, 7) is 0. The summed E-state index contributed by atoms with van der Waals surface area (Å²) >= 11 is 6.00. The number of sulfone groups is 1. The highest BCUT2D eigenvalue weighted by Crippen LogP contribution is 2.40. The van der Waals surface area contributed by atoms with Crippen LogP contribution in [0.5, 0.6) is 0 Å². The molecule has 0 bridgehead atoms. The number of anilines is 2. The van der Waals surface area contributed by atoms with Crippen molar-refractivity contribution >= 4 is 38.8 Å². The Labute approximate surface area is 164 Å². The molecule has 0 saturated carbocycles. The van der Waals surface area contributed by atoms with Crippen molar-refractivity contribution < 1.29 is 26.4 Å². The van der Waals surface area contributed by atoms with Crippen molar-refractivity contribution in [3.8, 4) is 0 Å². The molecule has 2 aromatic rings. The van der Waals surface area contributed by atoms with E-state index in [9.17, 15) is 26.4 Å². The molecule has 2 aromatic carbocycles. The summed E-state index contributed by atoms with van der Waals surface area (Å²) in [6, 6.07) is 8.65. The van der Waals surface area contributed by atoms with Crippen molar-refractivity contribution in [3.63, 3.8) is 0 Å². The van der Waals surface area contributed by atoms with Gasteiger partial charge in [0.1, 0.15) is 0 Å². The van der Waals surface area contributed by atoms with Gasteiger partial charge in [-0.2, -0.15) is 13.2 Å². The maximum absolute atomic E-state index is 13.1. The van der Waals surface area contributed by atoms with E-state index in [1.54, 1.807) is 18.2 Å². The highest BCUT2D eigenvalue weighted by Gasteiger charge is 2.54. The first-order chi connectivity index (χ1) is 13.1. The van der Waals surface area contributed by atoms with Crippen LogP contribution in [0.4, 0.5) is 29.3 Å². The van der Waals surface area contributed by atoms with Crippen LogP contribution in [0.1, 0.15) is 5.56 Å². The van der Waals surface area contributed by atoms with Gasteiger partial charge in [0, 0.05) is 16.4 Å². The molecule has 2 aliphatic heterocycles. The number of hydrogen-bond donors (Lipinski definition) is 0. The monoisotopic (exact) mass is 430 g/mol. The lowest BCUT2D eigenvalue weighted by Gasteiger charge is -2.23. The Morgan fingerprint density at radius 2 is 1.46 bits per heavy atom. The van der Waals surface area contributed by atoms with Crippen LogP contribution in [-0.4, -0.2) is 38.0 Å². The van der Waals surface area contributed by atoms with Gasteiger partial charge in [0.05, 0.1) is 29.2 Å². The molecular formula is C18H14ClF3N2O3S. The second-order valence-corrected chi connectivity index (χ2v) is 9.35. The molecule has 0 radical (unpaired) electrons. The summed E-state index contributed by atoms with van der Waals surface area (Å²) in [5.74, 6) is -0.567. The molecule has 2 aliphatic rings. The molecule has 2 atom stereocenters. The molecule has 0 spiro atoms. The van der Waals surface area contributed by atoms with Crippen LogP contribution in [0.2, 0.25) is 5.02 Å². The van der Waals surface area contributed by atoms with Gasteiger partial charge in [-0.25, -0.2) is 13.2 Å². The lowest BCUT2D eigenvalue weighted by atomic mass is 10.1. The Morgan fingerprint density at radius 1 is 0.929 bits per heavy atom. The van der Waals surface area contributed by atoms with Crippen LogP contribution < -0.4 is 9.80 Å². The Bertz CT molecular complexity index is 1060. The van der Waals surface area contributed by atoms with E-state index in [-0.39, 0.29) is 17.2 Å². The SMILES string of the molecule is O=C1N(c2cccc(C(F)(F)F)c2)[C@@H]2CS(=O)(=O)C[C@@H]2N1c1cccc(Cl)c1. The van der Waals surface area contributed by atoms with Gasteiger partial charge < -0.3 is 0 Å². The fourth-order valence-corrected chi connectivity index (χ4v) is 5.87. The maximum atomic E-state index is 13.1. The highest BCUT2D eigenvalue weighted by molar-refractivity contribution is 7.91. The number of benzene rings is 2. The summed E-state index contributed by atoms with van der Waals surface area (Å²) < 4.78 is 63.8. The number of fused-ring (bicyclic) bond motifs is 1. The minimum Gasteiger partial charge on any atom is -0.288 e. The van der Waals surface area contributed by atoms with Crippen molar-refractivity contribution in [3.05, 3.63) is 59.1 Å². The van der Waals surface area contributed by atoms with Gasteiger partial charge >= 0.3 is 12.2 Å². The number of alkyl halides is 3. The zero-order valence-corrected chi connectivity index (χ0v) is 15.8. The minimum absolute atomic E-state index is 0.0106. The van der Waals surface area contributed by atoms with Crippen LogP contribution in [0.15, 0.2) is 48.5 Å². The first kappa shape index (κ1) is 19.1. The largest absolute Gasteiger partial charge is 0.416 e. The summed E-state index contributed by atoms with van der Waals surface area (Å²) in [6.07, 6.45) is -4.58. The standard InChI is InChI=1S/C18H14ClF3N2O3S/c19-12-4-2-6-14(8-12)24-16-10-28(26,27)9-15(16)23(17(24)25)13-5-1-3-11(7-13)18(20,21)22/h1-8,15-16H,9-10H2/t15-,16+/m1/s1. The van der Waals surface area contributed by atoms with E-state index in [2.05, 4.69) is 0 Å². The zero-order valence-electron chi connectivity index (χ0n) is 14.2. The summed E-state index contributed by atoms with van der Waals surface area (Å²) in [7, 11) is -3.45. The Morgan fingerprint density at radius 3 is 2.00 bits per heavy atom. The number of urea groups is 1. The van der Waals surface area contributed by atoms with E-state index < -0.39 is 39.7 Å². The predicted molar refractivity (Wildman–Crippen MR) is 99.5 cm³/mol. The molecule has 2 fully saturated rings. The quantitative estimate of drug-likeness (QED) is 0.677.